The SMILES string of the molecule is Cc1cccnc1NCCNC(=O)Nc1ccccc1SC(C)C. The molecule has 3 N–H and O–H groups in total. The summed E-state index contributed by atoms with van der Waals surface area (Å²) in [7, 11) is 0. The van der Waals surface area contributed by atoms with Gasteiger partial charge >= 0.3 is 6.03 Å². The maximum Gasteiger partial charge on any atom is 0.319 e. The summed E-state index contributed by atoms with van der Waals surface area (Å²) in [5.41, 5.74) is 1.92. The molecule has 2 rings (SSSR count). The highest BCUT2D eigenvalue weighted by Gasteiger charge is 2.08. The van der Waals surface area contributed by atoms with E-state index in [-0.39, 0.29) is 6.03 Å². The van der Waals surface area contributed by atoms with E-state index in [9.17, 15) is 4.79 Å². The summed E-state index contributed by atoms with van der Waals surface area (Å²) in [5, 5.41) is 9.44. The molecule has 0 aliphatic heterocycles. The Kier molecular flexibility index (Phi) is 6.93. The van der Waals surface area contributed by atoms with Crippen molar-refractivity contribution in [3.8, 4) is 0 Å². The van der Waals surface area contributed by atoms with Crippen molar-refractivity contribution < 1.29 is 4.79 Å². The molecule has 2 aromatic rings. The largest absolute Gasteiger partial charge is 0.368 e. The van der Waals surface area contributed by atoms with Crippen molar-refractivity contribution in [2.75, 3.05) is 23.7 Å². The molecule has 2 amide bonds. The molecule has 0 atom stereocenters. The van der Waals surface area contributed by atoms with E-state index in [0.29, 0.717) is 18.3 Å². The van der Waals surface area contributed by atoms with Gasteiger partial charge in [-0.05, 0) is 30.7 Å². The zero-order valence-corrected chi connectivity index (χ0v) is 15.1. The van der Waals surface area contributed by atoms with Gasteiger partial charge in [0.05, 0.1) is 5.69 Å². The first kappa shape index (κ1) is 18.1. The quantitative estimate of drug-likeness (QED) is 0.522. The van der Waals surface area contributed by atoms with Crippen molar-refractivity contribution in [2.24, 2.45) is 0 Å². The van der Waals surface area contributed by atoms with Crippen LogP contribution in [-0.4, -0.2) is 29.4 Å². The lowest BCUT2D eigenvalue weighted by Crippen LogP contribution is -2.33. The Morgan fingerprint density at radius 1 is 1.17 bits per heavy atom. The molecule has 0 bridgehead atoms. The van der Waals surface area contributed by atoms with Crippen molar-refractivity contribution in [1.82, 2.24) is 10.3 Å². The summed E-state index contributed by atoms with van der Waals surface area (Å²) in [5.74, 6) is 0.846. The number of benzene rings is 1. The molecule has 6 heteroatoms. The van der Waals surface area contributed by atoms with Gasteiger partial charge in [0.1, 0.15) is 5.82 Å². The lowest BCUT2D eigenvalue weighted by molar-refractivity contribution is 0.252. The van der Waals surface area contributed by atoms with Gasteiger partial charge in [-0.15, -0.1) is 11.8 Å². The summed E-state index contributed by atoms with van der Waals surface area (Å²) in [6.45, 7) is 7.40. The van der Waals surface area contributed by atoms with Crippen LogP contribution in [0.5, 0.6) is 0 Å². The Morgan fingerprint density at radius 3 is 2.71 bits per heavy atom. The molecule has 0 fully saturated rings. The zero-order chi connectivity index (χ0) is 17.4. The van der Waals surface area contributed by atoms with Crippen LogP contribution in [0, 0.1) is 6.92 Å². The van der Waals surface area contributed by atoms with Gasteiger partial charge in [0.25, 0.3) is 0 Å². The second-order valence-corrected chi connectivity index (χ2v) is 7.26. The molecule has 0 saturated heterocycles. The monoisotopic (exact) mass is 344 g/mol. The fraction of sp³-hybridized carbons (Fsp3) is 0.333. The van der Waals surface area contributed by atoms with Gasteiger partial charge < -0.3 is 16.0 Å². The summed E-state index contributed by atoms with van der Waals surface area (Å²) in [6, 6.07) is 11.5. The lowest BCUT2D eigenvalue weighted by atomic mass is 10.3. The molecule has 0 unspecified atom stereocenters. The average Bonchev–Trinajstić information content (AvgIpc) is 2.54. The third kappa shape index (κ3) is 5.77. The van der Waals surface area contributed by atoms with Crippen LogP contribution in [0.1, 0.15) is 19.4 Å². The molecule has 0 radical (unpaired) electrons. The van der Waals surface area contributed by atoms with Crippen LogP contribution in [0.4, 0.5) is 16.3 Å². The Hall–Kier alpha value is -2.21. The topological polar surface area (TPSA) is 66.0 Å². The smallest absolute Gasteiger partial charge is 0.319 e. The molecule has 1 aromatic carbocycles. The predicted octanol–water partition coefficient (Wildman–Crippen LogP) is 4.12. The normalized spacial score (nSPS) is 10.5. The molecule has 128 valence electrons. The number of aromatic nitrogens is 1. The Labute approximate surface area is 147 Å². The van der Waals surface area contributed by atoms with Crippen LogP contribution in [0.25, 0.3) is 0 Å². The second-order valence-electron chi connectivity index (χ2n) is 5.64. The lowest BCUT2D eigenvalue weighted by Gasteiger charge is -2.13. The minimum Gasteiger partial charge on any atom is -0.368 e. The first-order valence-electron chi connectivity index (χ1n) is 8.02. The molecule has 5 nitrogen and oxygen atoms in total. The van der Waals surface area contributed by atoms with E-state index >= 15 is 0 Å². The van der Waals surface area contributed by atoms with Crippen LogP contribution < -0.4 is 16.0 Å². The highest BCUT2D eigenvalue weighted by molar-refractivity contribution is 8.00. The van der Waals surface area contributed by atoms with Crippen LogP contribution in [0.15, 0.2) is 47.5 Å². The fourth-order valence-corrected chi connectivity index (χ4v) is 3.03. The first-order valence-corrected chi connectivity index (χ1v) is 8.90. The number of pyridine rings is 1. The fourth-order valence-electron chi connectivity index (χ4n) is 2.12. The summed E-state index contributed by atoms with van der Waals surface area (Å²) in [6.07, 6.45) is 1.75. The number of rotatable bonds is 7. The first-order chi connectivity index (χ1) is 11.6. The molecular formula is C18H24N4OS. The number of urea groups is 1. The van der Waals surface area contributed by atoms with Crippen LogP contribution in [0.2, 0.25) is 0 Å². The van der Waals surface area contributed by atoms with Gasteiger partial charge in [-0.1, -0.05) is 32.0 Å². The number of nitrogens with zero attached hydrogens (tertiary/aromatic N) is 1. The van der Waals surface area contributed by atoms with E-state index in [4.69, 9.17) is 0 Å². The Bertz CT molecular complexity index is 676. The molecule has 24 heavy (non-hydrogen) atoms. The van der Waals surface area contributed by atoms with Crippen molar-refractivity contribution in [2.45, 2.75) is 30.9 Å². The van der Waals surface area contributed by atoms with Crippen LogP contribution >= 0.6 is 11.8 Å². The maximum atomic E-state index is 12.1. The van der Waals surface area contributed by atoms with Gasteiger partial charge in [-0.3, -0.25) is 0 Å². The minimum absolute atomic E-state index is 0.202. The van der Waals surface area contributed by atoms with Crippen molar-refractivity contribution in [3.05, 3.63) is 48.2 Å². The third-order valence-electron chi connectivity index (χ3n) is 3.21. The van der Waals surface area contributed by atoms with Crippen molar-refractivity contribution >= 4 is 29.3 Å². The minimum atomic E-state index is -0.202. The summed E-state index contributed by atoms with van der Waals surface area (Å²) in [4.78, 5) is 17.4. The Morgan fingerprint density at radius 2 is 1.96 bits per heavy atom. The van der Waals surface area contributed by atoms with Crippen molar-refractivity contribution in [3.63, 3.8) is 0 Å². The number of thioether (sulfide) groups is 1. The third-order valence-corrected chi connectivity index (χ3v) is 4.29. The van der Waals surface area contributed by atoms with E-state index in [0.717, 1.165) is 22.0 Å². The van der Waals surface area contributed by atoms with Gasteiger partial charge in [0.2, 0.25) is 0 Å². The number of anilines is 2. The molecule has 0 spiro atoms. The number of para-hydroxylation sites is 1. The van der Waals surface area contributed by atoms with Gasteiger partial charge in [0.15, 0.2) is 0 Å². The highest BCUT2D eigenvalue weighted by atomic mass is 32.2. The number of nitrogens with one attached hydrogen (secondary N) is 3. The maximum absolute atomic E-state index is 12.1. The van der Waals surface area contributed by atoms with E-state index in [2.05, 4.69) is 34.8 Å². The molecule has 0 saturated carbocycles. The van der Waals surface area contributed by atoms with E-state index in [1.807, 2.05) is 43.3 Å². The van der Waals surface area contributed by atoms with E-state index in [1.165, 1.54) is 0 Å². The molecular weight excluding hydrogens is 320 g/mol. The van der Waals surface area contributed by atoms with E-state index in [1.54, 1.807) is 18.0 Å². The van der Waals surface area contributed by atoms with Crippen molar-refractivity contribution in [1.29, 1.82) is 0 Å². The van der Waals surface area contributed by atoms with Gasteiger partial charge in [-0.2, -0.15) is 0 Å². The summed E-state index contributed by atoms with van der Waals surface area (Å²) < 4.78 is 0. The zero-order valence-electron chi connectivity index (χ0n) is 14.3. The number of aryl methyl sites for hydroxylation is 1. The highest BCUT2D eigenvalue weighted by Crippen LogP contribution is 2.29. The van der Waals surface area contributed by atoms with Crippen LogP contribution in [-0.2, 0) is 0 Å². The van der Waals surface area contributed by atoms with Crippen LogP contribution in [0.3, 0.4) is 0 Å². The number of hydrogen-bond donors (Lipinski definition) is 3. The number of hydrogen-bond acceptors (Lipinski definition) is 4. The number of carbonyl (C=O) groups excluding carboxylic acids is 1. The Balaban J connectivity index is 1.79. The predicted molar refractivity (Wildman–Crippen MR) is 102 cm³/mol. The standard InChI is InChI=1S/C18H24N4OS/c1-13(2)24-16-9-5-4-8-15(16)22-18(23)21-12-11-20-17-14(3)7-6-10-19-17/h4-10,13H,11-12H2,1-3H3,(H,19,20)(H2,21,22,23). The van der Waals surface area contributed by atoms with Gasteiger partial charge in [0, 0.05) is 29.4 Å². The molecule has 1 aromatic heterocycles. The average molecular weight is 344 g/mol. The second kappa shape index (κ2) is 9.17. The summed E-state index contributed by atoms with van der Waals surface area (Å²) >= 11 is 1.73. The molecule has 1 heterocycles. The van der Waals surface area contributed by atoms with E-state index < -0.39 is 0 Å². The van der Waals surface area contributed by atoms with Gasteiger partial charge in [-0.25, -0.2) is 9.78 Å². The number of amides is 2. The molecule has 0 aliphatic carbocycles. The number of carbonyl (C=O) groups is 1. The molecule has 0 aliphatic rings.